The van der Waals surface area contributed by atoms with E-state index in [1.807, 2.05) is 6.92 Å². The number of hydrogen-bond acceptors (Lipinski definition) is 11. The summed E-state index contributed by atoms with van der Waals surface area (Å²) in [4.78, 5) is 59.0. The number of nitrogens with zero attached hydrogens (tertiary/aromatic N) is 3. The number of amides is 2. The number of thiazole rings is 1. The summed E-state index contributed by atoms with van der Waals surface area (Å²) >= 11 is 2.38. The SMILES string of the molecule is CCCCON=C(C(=O)N[C@@H]1C(=O)N2C(C(=O)O)=C(COC(C)=O)CS[C@H]12)c1csc(N)n1. The minimum absolute atomic E-state index is 0.129. The Morgan fingerprint density at radius 1 is 1.42 bits per heavy atom. The molecule has 0 spiro atoms. The van der Waals surface area contributed by atoms with Gasteiger partial charge in [0.05, 0.1) is 0 Å². The van der Waals surface area contributed by atoms with Crippen LogP contribution in [-0.4, -0.2) is 74.8 Å². The molecule has 0 radical (unpaired) electrons. The first-order chi connectivity index (χ1) is 15.7. The fourth-order valence-corrected chi connectivity index (χ4v) is 4.99. The zero-order chi connectivity index (χ0) is 24.1. The highest BCUT2D eigenvalue weighted by Gasteiger charge is 2.54. The van der Waals surface area contributed by atoms with Crippen molar-refractivity contribution in [2.45, 2.75) is 38.1 Å². The molecule has 1 saturated heterocycles. The number of aromatic nitrogens is 1. The molecule has 2 amide bonds. The number of nitrogens with one attached hydrogen (secondary N) is 1. The molecule has 4 N–H and O–H groups in total. The monoisotopic (exact) mass is 497 g/mol. The number of aliphatic carboxylic acids is 1. The van der Waals surface area contributed by atoms with Crippen molar-refractivity contribution in [1.29, 1.82) is 0 Å². The van der Waals surface area contributed by atoms with Gasteiger partial charge in [-0.05, 0) is 6.42 Å². The Morgan fingerprint density at radius 3 is 2.79 bits per heavy atom. The molecular formula is C19H23N5O7S2. The Bertz CT molecular complexity index is 1020. The van der Waals surface area contributed by atoms with Gasteiger partial charge in [-0.1, -0.05) is 18.5 Å². The Labute approximate surface area is 197 Å². The molecular weight excluding hydrogens is 474 g/mol. The van der Waals surface area contributed by atoms with Crippen molar-refractivity contribution < 1.29 is 33.9 Å². The van der Waals surface area contributed by atoms with Gasteiger partial charge in [-0.2, -0.15) is 0 Å². The first-order valence-corrected chi connectivity index (χ1v) is 11.9. The van der Waals surface area contributed by atoms with Gasteiger partial charge < -0.3 is 25.7 Å². The number of esters is 1. The standard InChI is InChI=1S/C19H23N5O7S2/c1-3-4-5-31-23-12(11-8-33-19(20)21-11)15(26)22-13-16(27)24-14(18(28)29)10(6-30-9(2)25)7-32-17(13)24/h8,13,17H,3-7H2,1-2H3,(H2,20,21)(H,22,26)(H,28,29)/t13-,17-/m1/s1. The lowest BCUT2D eigenvalue weighted by Crippen LogP contribution is -2.71. The van der Waals surface area contributed by atoms with Gasteiger partial charge >= 0.3 is 11.9 Å². The number of nitrogen functional groups attached to an aromatic ring is 1. The molecule has 1 aromatic rings. The van der Waals surface area contributed by atoms with E-state index in [2.05, 4.69) is 15.5 Å². The van der Waals surface area contributed by atoms with E-state index in [0.717, 1.165) is 29.1 Å². The number of rotatable bonds is 10. The quantitative estimate of drug-likeness (QED) is 0.136. The van der Waals surface area contributed by atoms with Crippen LogP contribution in [0.4, 0.5) is 5.13 Å². The van der Waals surface area contributed by atoms with Crippen LogP contribution in [0.2, 0.25) is 0 Å². The molecule has 0 aliphatic carbocycles. The van der Waals surface area contributed by atoms with Gasteiger partial charge in [-0.15, -0.1) is 23.1 Å². The number of carboxylic acid groups (broad SMARTS) is 1. The van der Waals surface area contributed by atoms with Crippen LogP contribution in [0.3, 0.4) is 0 Å². The third kappa shape index (κ3) is 5.45. The Kier molecular flexibility index (Phi) is 7.92. The Morgan fingerprint density at radius 2 is 2.18 bits per heavy atom. The van der Waals surface area contributed by atoms with Crippen molar-refractivity contribution in [2.24, 2.45) is 5.16 Å². The number of ether oxygens (including phenoxy) is 1. The van der Waals surface area contributed by atoms with E-state index in [-0.39, 0.29) is 34.6 Å². The lowest BCUT2D eigenvalue weighted by molar-refractivity contribution is -0.150. The second-order valence-electron chi connectivity index (χ2n) is 7.10. The molecule has 178 valence electrons. The lowest BCUT2D eigenvalue weighted by atomic mass is 10.0. The van der Waals surface area contributed by atoms with E-state index in [1.54, 1.807) is 5.38 Å². The number of anilines is 1. The number of β-lactam (4-membered cyclic amide) rings is 1. The van der Waals surface area contributed by atoms with Crippen LogP contribution in [0.25, 0.3) is 0 Å². The van der Waals surface area contributed by atoms with Crippen molar-refractivity contribution in [3.05, 3.63) is 22.3 Å². The van der Waals surface area contributed by atoms with Crippen LogP contribution >= 0.6 is 23.1 Å². The molecule has 2 aliphatic rings. The molecule has 1 fully saturated rings. The molecule has 0 bridgehead atoms. The molecule has 12 nitrogen and oxygen atoms in total. The number of unbranched alkanes of at least 4 members (excludes halogenated alkanes) is 1. The van der Waals surface area contributed by atoms with Crippen LogP contribution in [0.15, 0.2) is 21.8 Å². The minimum atomic E-state index is -1.31. The van der Waals surface area contributed by atoms with Crippen LogP contribution in [0.1, 0.15) is 32.4 Å². The minimum Gasteiger partial charge on any atom is -0.477 e. The lowest BCUT2D eigenvalue weighted by Gasteiger charge is -2.49. The van der Waals surface area contributed by atoms with E-state index in [9.17, 15) is 24.3 Å². The summed E-state index contributed by atoms with van der Waals surface area (Å²) < 4.78 is 4.91. The zero-order valence-corrected chi connectivity index (χ0v) is 19.5. The second-order valence-corrected chi connectivity index (χ2v) is 9.09. The molecule has 14 heteroatoms. The fraction of sp³-hybridized carbons (Fsp3) is 0.474. The summed E-state index contributed by atoms with van der Waals surface area (Å²) in [6, 6.07) is -0.969. The second kappa shape index (κ2) is 10.7. The first-order valence-electron chi connectivity index (χ1n) is 10.00. The van der Waals surface area contributed by atoms with Gasteiger partial charge in [0.2, 0.25) is 0 Å². The average molecular weight is 498 g/mol. The molecule has 2 aliphatic heterocycles. The first kappa shape index (κ1) is 24.5. The summed E-state index contributed by atoms with van der Waals surface area (Å²) in [5.41, 5.74) is 5.82. The predicted molar refractivity (Wildman–Crippen MR) is 120 cm³/mol. The Balaban J connectivity index is 1.76. The normalized spacial score (nSPS) is 20.1. The highest BCUT2D eigenvalue weighted by atomic mass is 32.2. The van der Waals surface area contributed by atoms with Gasteiger partial charge in [0, 0.05) is 23.6 Å². The van der Waals surface area contributed by atoms with E-state index in [0.29, 0.717) is 12.2 Å². The maximum Gasteiger partial charge on any atom is 0.352 e. The van der Waals surface area contributed by atoms with Crippen molar-refractivity contribution in [3.8, 4) is 0 Å². The van der Waals surface area contributed by atoms with E-state index >= 15 is 0 Å². The van der Waals surface area contributed by atoms with E-state index in [4.69, 9.17) is 15.3 Å². The van der Waals surface area contributed by atoms with Crippen molar-refractivity contribution in [3.63, 3.8) is 0 Å². The summed E-state index contributed by atoms with van der Waals surface area (Å²) in [6.07, 6.45) is 1.62. The topological polar surface area (TPSA) is 174 Å². The molecule has 3 rings (SSSR count). The molecule has 2 atom stereocenters. The van der Waals surface area contributed by atoms with Gasteiger partial charge in [0.15, 0.2) is 10.8 Å². The van der Waals surface area contributed by atoms with Gasteiger partial charge in [-0.3, -0.25) is 19.3 Å². The summed E-state index contributed by atoms with van der Waals surface area (Å²) in [5.74, 6) is -2.94. The smallest absolute Gasteiger partial charge is 0.352 e. The predicted octanol–water partition coefficient (Wildman–Crippen LogP) is 0.548. The van der Waals surface area contributed by atoms with Crippen LogP contribution in [-0.2, 0) is 28.8 Å². The number of thioether (sulfide) groups is 1. The largest absolute Gasteiger partial charge is 0.477 e. The number of hydrogen-bond donors (Lipinski definition) is 3. The summed E-state index contributed by atoms with van der Waals surface area (Å²) in [7, 11) is 0. The zero-order valence-electron chi connectivity index (χ0n) is 17.9. The molecule has 0 aromatic carbocycles. The number of nitrogens with two attached hydrogens (primary N) is 1. The van der Waals surface area contributed by atoms with E-state index < -0.39 is 35.2 Å². The summed E-state index contributed by atoms with van der Waals surface area (Å²) in [6.45, 7) is 3.27. The third-order valence-corrected chi connectivity index (χ3v) is 6.72. The van der Waals surface area contributed by atoms with Gasteiger partial charge in [-0.25, -0.2) is 9.78 Å². The molecule has 1 aromatic heterocycles. The van der Waals surface area contributed by atoms with Crippen molar-refractivity contribution >= 4 is 57.7 Å². The maximum atomic E-state index is 12.9. The molecule has 0 unspecified atom stereocenters. The number of oxime groups is 1. The number of carboxylic acids is 1. The Hall–Kier alpha value is -3.13. The van der Waals surface area contributed by atoms with Gasteiger partial charge in [0.25, 0.3) is 11.8 Å². The maximum absolute atomic E-state index is 12.9. The van der Waals surface area contributed by atoms with E-state index in [1.165, 1.54) is 18.7 Å². The van der Waals surface area contributed by atoms with Crippen LogP contribution in [0.5, 0.6) is 0 Å². The number of carbonyl (C=O) groups excluding carboxylic acids is 3. The van der Waals surface area contributed by atoms with Crippen molar-refractivity contribution in [2.75, 3.05) is 24.7 Å². The molecule has 3 heterocycles. The van der Waals surface area contributed by atoms with Gasteiger partial charge in [0.1, 0.15) is 36.0 Å². The van der Waals surface area contributed by atoms with Crippen molar-refractivity contribution in [1.82, 2.24) is 15.2 Å². The van der Waals surface area contributed by atoms with Crippen LogP contribution in [0, 0.1) is 0 Å². The molecule has 33 heavy (non-hydrogen) atoms. The number of carbonyl (C=O) groups is 4. The fourth-order valence-electron chi connectivity index (χ4n) is 3.11. The third-order valence-electron chi connectivity index (χ3n) is 4.71. The highest BCUT2D eigenvalue weighted by molar-refractivity contribution is 8.00. The highest BCUT2D eigenvalue weighted by Crippen LogP contribution is 2.40. The number of fused-ring (bicyclic) bond motifs is 1. The summed E-state index contributed by atoms with van der Waals surface area (Å²) in [5, 5.41) is 17.3. The molecule has 0 saturated carbocycles. The van der Waals surface area contributed by atoms with Crippen LogP contribution < -0.4 is 11.1 Å². The average Bonchev–Trinajstić information content (AvgIpc) is 3.20.